The summed E-state index contributed by atoms with van der Waals surface area (Å²) in [4.78, 5) is 19.1. The summed E-state index contributed by atoms with van der Waals surface area (Å²) < 4.78 is 0. The summed E-state index contributed by atoms with van der Waals surface area (Å²) >= 11 is 0. The average Bonchev–Trinajstić information content (AvgIpc) is 2.12. The molecule has 85 valence electrons. The van der Waals surface area contributed by atoms with Crippen molar-refractivity contribution < 1.29 is 36.9 Å². The van der Waals surface area contributed by atoms with Gasteiger partial charge in [0.2, 0.25) is 0 Å². The molecule has 0 aromatic rings. The van der Waals surface area contributed by atoms with Gasteiger partial charge in [-0.05, 0) is 12.8 Å². The van der Waals surface area contributed by atoms with Gasteiger partial charge >= 0.3 is 17.1 Å². The third kappa shape index (κ3) is 32.5. The van der Waals surface area contributed by atoms with Gasteiger partial charge in [-0.1, -0.05) is 0 Å². The molecule has 0 N–H and O–H groups in total. The topological polar surface area (TPSA) is 80.3 Å². The minimum atomic E-state index is -1.09. The van der Waals surface area contributed by atoms with Crippen LogP contribution < -0.4 is 10.2 Å². The molecule has 0 rings (SSSR count). The Morgan fingerprint density at radius 1 is 0.933 bits per heavy atom. The summed E-state index contributed by atoms with van der Waals surface area (Å²) in [7, 11) is 0. The molecule has 5 heteroatoms. The summed E-state index contributed by atoms with van der Waals surface area (Å²) in [5.41, 5.74) is 0. The van der Waals surface area contributed by atoms with E-state index in [0.717, 1.165) is 0 Å². The molecule has 0 aliphatic carbocycles. The number of carbonyl (C=O) groups is 2. The summed E-state index contributed by atoms with van der Waals surface area (Å²) in [6, 6.07) is 0. The second-order valence-electron chi connectivity index (χ2n) is 2.15. The maximum atomic E-state index is 9.55. The minimum Gasteiger partial charge on any atom is -0.550 e. The SMILES string of the molecule is C#CCCC(=O)[O-].C#CCCC(=O)[O-].[Cu+2]. The van der Waals surface area contributed by atoms with Crippen LogP contribution in [0.4, 0.5) is 0 Å². The van der Waals surface area contributed by atoms with Gasteiger partial charge in [0.1, 0.15) is 0 Å². The normalized spacial score (nSPS) is 6.80. The summed E-state index contributed by atoms with van der Waals surface area (Å²) in [6.45, 7) is 0. The van der Waals surface area contributed by atoms with E-state index in [0.29, 0.717) is 0 Å². The van der Waals surface area contributed by atoms with Crippen LogP contribution in [0.2, 0.25) is 0 Å². The Balaban J connectivity index is -0.000000180. The number of carbonyl (C=O) groups excluding carboxylic acids is 2. The predicted octanol–water partition coefficient (Wildman–Crippen LogP) is -1.70. The third-order valence-corrected chi connectivity index (χ3v) is 0.947. The molecule has 0 saturated carbocycles. The maximum Gasteiger partial charge on any atom is 2.00 e. The van der Waals surface area contributed by atoms with Crippen LogP contribution in [0.25, 0.3) is 0 Å². The molecule has 0 aromatic heterocycles. The standard InChI is InChI=1S/2C5H6O2.Cu/c2*1-2-3-4-5(6)7;/h2*1H,3-4H2,(H,6,7);/q;;+2/p-2. The van der Waals surface area contributed by atoms with Crippen molar-refractivity contribution in [2.24, 2.45) is 0 Å². The van der Waals surface area contributed by atoms with Crippen molar-refractivity contribution in [1.29, 1.82) is 0 Å². The quantitative estimate of drug-likeness (QED) is 0.444. The summed E-state index contributed by atoms with van der Waals surface area (Å²) in [6.07, 6.45) is 9.94. The molecule has 15 heavy (non-hydrogen) atoms. The zero-order valence-corrected chi connectivity index (χ0v) is 8.86. The molecule has 0 aliphatic heterocycles. The van der Waals surface area contributed by atoms with Gasteiger partial charge in [0.25, 0.3) is 0 Å². The second-order valence-corrected chi connectivity index (χ2v) is 2.15. The van der Waals surface area contributed by atoms with Crippen molar-refractivity contribution in [3.8, 4) is 24.7 Å². The van der Waals surface area contributed by atoms with Gasteiger partial charge in [-0.3, -0.25) is 0 Å². The molecule has 0 fully saturated rings. The van der Waals surface area contributed by atoms with E-state index in [1.54, 1.807) is 0 Å². The smallest absolute Gasteiger partial charge is 0.550 e. The molecule has 0 unspecified atom stereocenters. The molecule has 0 saturated heterocycles. The third-order valence-electron chi connectivity index (χ3n) is 0.947. The molecule has 0 atom stereocenters. The first-order valence-corrected chi connectivity index (χ1v) is 3.81. The van der Waals surface area contributed by atoms with Crippen LogP contribution in [0.1, 0.15) is 25.7 Å². The van der Waals surface area contributed by atoms with E-state index >= 15 is 0 Å². The van der Waals surface area contributed by atoms with E-state index in [4.69, 9.17) is 12.8 Å². The number of carboxylic acid groups (broad SMARTS) is 2. The average molecular weight is 258 g/mol. The maximum absolute atomic E-state index is 9.55. The first-order chi connectivity index (χ1) is 6.54. The molecule has 0 heterocycles. The molecule has 0 amide bonds. The number of aliphatic carboxylic acids is 2. The van der Waals surface area contributed by atoms with Gasteiger partial charge in [-0.15, -0.1) is 24.7 Å². The van der Waals surface area contributed by atoms with Crippen LogP contribution in [0.3, 0.4) is 0 Å². The molecule has 0 bridgehead atoms. The second kappa shape index (κ2) is 15.1. The van der Waals surface area contributed by atoms with Crippen LogP contribution in [-0.4, -0.2) is 11.9 Å². The first kappa shape index (κ1) is 19.2. The van der Waals surface area contributed by atoms with Crippen molar-refractivity contribution in [1.82, 2.24) is 0 Å². The monoisotopic (exact) mass is 257 g/mol. The van der Waals surface area contributed by atoms with Crippen molar-refractivity contribution in [3.05, 3.63) is 0 Å². The molecular formula is C10H10CuO4. The first-order valence-electron chi connectivity index (χ1n) is 3.81. The Labute approximate surface area is 99.5 Å². The van der Waals surface area contributed by atoms with Crippen LogP contribution in [0.15, 0.2) is 0 Å². The zero-order chi connectivity index (χ0) is 11.4. The van der Waals surface area contributed by atoms with Crippen LogP contribution in [0.5, 0.6) is 0 Å². The number of carboxylic acids is 2. The van der Waals surface area contributed by atoms with Crippen LogP contribution in [-0.2, 0) is 26.7 Å². The Bertz CT molecular complexity index is 232. The van der Waals surface area contributed by atoms with Crippen LogP contribution >= 0.6 is 0 Å². The fourth-order valence-electron chi connectivity index (χ4n) is 0.348. The van der Waals surface area contributed by atoms with Gasteiger partial charge in [-0.2, -0.15) is 0 Å². The van der Waals surface area contributed by atoms with Crippen molar-refractivity contribution in [3.63, 3.8) is 0 Å². The zero-order valence-electron chi connectivity index (χ0n) is 7.92. The molecule has 4 nitrogen and oxygen atoms in total. The van der Waals surface area contributed by atoms with Crippen LogP contribution in [0, 0.1) is 24.7 Å². The summed E-state index contributed by atoms with van der Waals surface area (Å²) in [5, 5.41) is 19.1. The number of rotatable bonds is 4. The van der Waals surface area contributed by atoms with Crippen molar-refractivity contribution in [2.75, 3.05) is 0 Å². The number of hydrogen-bond acceptors (Lipinski definition) is 4. The predicted molar refractivity (Wildman–Crippen MR) is 46.1 cm³/mol. The Morgan fingerprint density at radius 2 is 1.20 bits per heavy atom. The van der Waals surface area contributed by atoms with Gasteiger partial charge in [0, 0.05) is 24.8 Å². The van der Waals surface area contributed by atoms with E-state index in [-0.39, 0.29) is 42.8 Å². The number of terminal acetylenes is 2. The van der Waals surface area contributed by atoms with E-state index < -0.39 is 11.9 Å². The minimum absolute atomic E-state index is 0. The molecule has 0 spiro atoms. The molecule has 1 radical (unpaired) electrons. The Morgan fingerprint density at radius 3 is 1.27 bits per heavy atom. The molecule has 0 aromatic carbocycles. The largest absolute Gasteiger partial charge is 2.00 e. The van der Waals surface area contributed by atoms with Gasteiger partial charge in [0.15, 0.2) is 0 Å². The van der Waals surface area contributed by atoms with E-state index in [1.165, 1.54) is 0 Å². The molecular weight excluding hydrogens is 248 g/mol. The number of hydrogen-bond donors (Lipinski definition) is 0. The van der Waals surface area contributed by atoms with E-state index in [1.807, 2.05) is 0 Å². The van der Waals surface area contributed by atoms with E-state index in [2.05, 4.69) is 11.8 Å². The fraction of sp³-hybridized carbons (Fsp3) is 0.400. The van der Waals surface area contributed by atoms with Gasteiger partial charge in [0.05, 0.1) is 0 Å². The Kier molecular flexibility index (Phi) is 19.3. The fourth-order valence-corrected chi connectivity index (χ4v) is 0.348. The van der Waals surface area contributed by atoms with E-state index in [9.17, 15) is 19.8 Å². The summed E-state index contributed by atoms with van der Waals surface area (Å²) in [5.74, 6) is 2.19. The van der Waals surface area contributed by atoms with Crippen molar-refractivity contribution in [2.45, 2.75) is 25.7 Å². The van der Waals surface area contributed by atoms with Gasteiger partial charge < -0.3 is 19.8 Å². The van der Waals surface area contributed by atoms with Crippen molar-refractivity contribution >= 4 is 11.9 Å². The van der Waals surface area contributed by atoms with Gasteiger partial charge in [-0.25, -0.2) is 0 Å². The molecule has 0 aliphatic rings. The Hall–Kier alpha value is -1.42.